The number of nitrogens with zero attached hydrogens (tertiary/aromatic N) is 2. The molecule has 4 aliphatic rings. The van der Waals surface area contributed by atoms with Gasteiger partial charge in [-0.15, -0.1) is 0 Å². The number of methoxy groups -OCH3 is 1. The standard InChI is InChI=1S/C34H44N4O8S/c1-5-45-29-18-28(24-13-14-27(44-4)20(2)30(24)35-29)46-22-16-25-26(17-22)32(40)38(3)15-9-7-6-8-10-21-19-34(21,36-31(25)39)33(41)37-47(42,43)23-11-12-23/h8,10,13-14,18,21-23,25-26H,5-7,9,11-12,15-17,19H2,1-4H3,(H,36,39)(H,37,41)/b10-8-. The second kappa shape index (κ2) is 13.0. The van der Waals surface area contributed by atoms with Crippen molar-refractivity contribution in [2.24, 2.45) is 17.8 Å². The van der Waals surface area contributed by atoms with Crippen LogP contribution in [0, 0.1) is 24.7 Å². The first kappa shape index (κ1) is 33.0. The van der Waals surface area contributed by atoms with E-state index >= 15 is 0 Å². The number of allylic oxidation sites excluding steroid dienone is 1. The molecule has 0 radical (unpaired) electrons. The molecule has 0 bridgehead atoms. The molecule has 3 fully saturated rings. The van der Waals surface area contributed by atoms with Crippen LogP contribution in [-0.4, -0.2) is 80.2 Å². The van der Waals surface area contributed by atoms with E-state index in [9.17, 15) is 22.8 Å². The van der Waals surface area contributed by atoms with Crippen molar-refractivity contribution in [2.45, 2.75) is 82.1 Å². The summed E-state index contributed by atoms with van der Waals surface area (Å²) < 4.78 is 45.5. The van der Waals surface area contributed by atoms with Crippen LogP contribution in [0.2, 0.25) is 0 Å². The van der Waals surface area contributed by atoms with Gasteiger partial charge in [-0.25, -0.2) is 13.4 Å². The van der Waals surface area contributed by atoms with E-state index in [2.05, 4.69) is 15.0 Å². The first-order valence-electron chi connectivity index (χ1n) is 16.5. The number of aromatic nitrogens is 1. The molecule has 1 aromatic heterocycles. The number of carbonyl (C=O) groups is 3. The number of pyridine rings is 1. The summed E-state index contributed by atoms with van der Waals surface area (Å²) in [5, 5.41) is 3.10. The number of fused-ring (bicyclic) bond motifs is 3. The van der Waals surface area contributed by atoms with Crippen molar-refractivity contribution in [1.29, 1.82) is 0 Å². The lowest BCUT2D eigenvalue weighted by molar-refractivity contribution is -0.140. The van der Waals surface area contributed by atoms with Gasteiger partial charge in [0.25, 0.3) is 5.91 Å². The fraction of sp³-hybridized carbons (Fsp3) is 0.588. The predicted octanol–water partition coefficient (Wildman–Crippen LogP) is 3.41. The normalized spacial score (nSPS) is 28.8. The van der Waals surface area contributed by atoms with E-state index < -0.39 is 50.6 Å². The number of hydrogen-bond donors (Lipinski definition) is 2. The number of aryl methyl sites for hydroxylation is 1. The maximum atomic E-state index is 14.1. The molecule has 6 rings (SSSR count). The molecule has 3 amide bonds. The van der Waals surface area contributed by atoms with Crippen molar-refractivity contribution in [3.63, 3.8) is 0 Å². The van der Waals surface area contributed by atoms with Crippen molar-refractivity contribution in [2.75, 3.05) is 27.3 Å². The monoisotopic (exact) mass is 668 g/mol. The second-order valence-corrected chi connectivity index (χ2v) is 15.2. The quantitative estimate of drug-likeness (QED) is 0.403. The summed E-state index contributed by atoms with van der Waals surface area (Å²) in [5.41, 5.74) is 0.104. The van der Waals surface area contributed by atoms with Crippen molar-refractivity contribution in [1.82, 2.24) is 19.9 Å². The summed E-state index contributed by atoms with van der Waals surface area (Å²) in [6.45, 7) is 4.75. The molecule has 254 valence electrons. The summed E-state index contributed by atoms with van der Waals surface area (Å²) in [7, 11) is -0.465. The molecule has 12 nitrogen and oxygen atoms in total. The van der Waals surface area contributed by atoms with Gasteiger partial charge < -0.3 is 24.4 Å². The maximum absolute atomic E-state index is 14.1. The first-order chi connectivity index (χ1) is 22.5. The average Bonchev–Trinajstić information content (AvgIpc) is 3.96. The van der Waals surface area contributed by atoms with Gasteiger partial charge in [0.2, 0.25) is 27.7 Å². The molecule has 3 aliphatic carbocycles. The largest absolute Gasteiger partial charge is 0.496 e. The lowest BCUT2D eigenvalue weighted by Gasteiger charge is -2.26. The number of ether oxygens (including phenoxy) is 3. The number of benzene rings is 1. The van der Waals surface area contributed by atoms with Crippen LogP contribution in [0.5, 0.6) is 17.4 Å². The summed E-state index contributed by atoms with van der Waals surface area (Å²) in [4.78, 5) is 47.8. The zero-order chi connectivity index (χ0) is 33.5. The number of carbonyl (C=O) groups excluding carboxylic acids is 3. The molecular weight excluding hydrogens is 624 g/mol. The Morgan fingerprint density at radius 3 is 2.64 bits per heavy atom. The molecule has 47 heavy (non-hydrogen) atoms. The topological polar surface area (TPSA) is 153 Å². The van der Waals surface area contributed by atoms with Crippen molar-refractivity contribution in [3.8, 4) is 17.4 Å². The van der Waals surface area contributed by atoms with Crippen LogP contribution in [0.1, 0.15) is 63.9 Å². The molecule has 0 spiro atoms. The van der Waals surface area contributed by atoms with E-state index in [1.165, 1.54) is 0 Å². The van der Waals surface area contributed by atoms with E-state index in [0.29, 0.717) is 61.7 Å². The smallest absolute Gasteiger partial charge is 0.259 e. The Morgan fingerprint density at radius 2 is 1.91 bits per heavy atom. The van der Waals surface area contributed by atoms with Crippen molar-refractivity contribution >= 4 is 38.6 Å². The van der Waals surface area contributed by atoms with Crippen molar-refractivity contribution in [3.05, 3.63) is 35.9 Å². The van der Waals surface area contributed by atoms with Crippen LogP contribution in [0.25, 0.3) is 10.9 Å². The second-order valence-electron chi connectivity index (χ2n) is 13.2. The number of amides is 3. The van der Waals surface area contributed by atoms with Gasteiger partial charge in [-0.2, -0.15) is 0 Å². The van der Waals surface area contributed by atoms with Gasteiger partial charge in [0.1, 0.15) is 23.1 Å². The van der Waals surface area contributed by atoms with Crippen LogP contribution in [0.3, 0.4) is 0 Å². The van der Waals surface area contributed by atoms with E-state index in [4.69, 9.17) is 14.2 Å². The Labute approximate surface area is 275 Å². The number of nitrogens with one attached hydrogen (secondary N) is 2. The summed E-state index contributed by atoms with van der Waals surface area (Å²) >= 11 is 0. The van der Waals surface area contributed by atoms with Gasteiger partial charge in [-0.05, 0) is 77.3 Å². The minimum absolute atomic E-state index is 0.152. The van der Waals surface area contributed by atoms with E-state index in [0.717, 1.165) is 30.2 Å². The molecule has 2 heterocycles. The third-order valence-corrected chi connectivity index (χ3v) is 11.7. The molecule has 1 aliphatic heterocycles. The van der Waals surface area contributed by atoms with Crippen LogP contribution < -0.4 is 24.2 Å². The van der Waals surface area contributed by atoms with Gasteiger partial charge in [0, 0.05) is 36.5 Å². The highest BCUT2D eigenvalue weighted by Gasteiger charge is 2.62. The molecule has 3 saturated carbocycles. The van der Waals surface area contributed by atoms with E-state index in [-0.39, 0.29) is 18.2 Å². The fourth-order valence-electron chi connectivity index (χ4n) is 6.97. The fourth-order valence-corrected chi connectivity index (χ4v) is 8.33. The minimum atomic E-state index is -3.81. The Balaban J connectivity index is 1.30. The van der Waals surface area contributed by atoms with Gasteiger partial charge >= 0.3 is 0 Å². The van der Waals surface area contributed by atoms with E-state index in [1.54, 1.807) is 25.1 Å². The molecule has 1 aromatic carbocycles. The molecule has 0 saturated heterocycles. The van der Waals surface area contributed by atoms with E-state index in [1.807, 2.05) is 38.1 Å². The number of sulfonamides is 1. The third-order valence-electron chi connectivity index (χ3n) is 9.93. The molecule has 5 unspecified atom stereocenters. The average molecular weight is 669 g/mol. The zero-order valence-corrected chi connectivity index (χ0v) is 28.2. The first-order valence-corrected chi connectivity index (χ1v) is 18.1. The maximum Gasteiger partial charge on any atom is 0.259 e. The lowest BCUT2D eigenvalue weighted by atomic mass is 9.93. The Hall–Kier alpha value is -3.87. The van der Waals surface area contributed by atoms with Gasteiger partial charge in [0.05, 0.1) is 36.3 Å². The Morgan fingerprint density at radius 1 is 1.15 bits per heavy atom. The van der Waals surface area contributed by atoms with Crippen LogP contribution >= 0.6 is 0 Å². The van der Waals surface area contributed by atoms with Crippen LogP contribution in [0.15, 0.2) is 30.4 Å². The highest BCUT2D eigenvalue weighted by Crippen LogP contribution is 2.47. The molecule has 2 N–H and O–H groups in total. The summed E-state index contributed by atoms with van der Waals surface area (Å²) in [6.07, 6.45) is 7.62. The molecule has 13 heteroatoms. The van der Waals surface area contributed by atoms with Crippen molar-refractivity contribution < 1.29 is 37.0 Å². The number of hydrogen-bond acceptors (Lipinski definition) is 9. The lowest BCUT2D eigenvalue weighted by Crippen LogP contribution is -2.54. The van der Waals surface area contributed by atoms with Crippen LogP contribution in [-0.2, 0) is 24.4 Å². The highest BCUT2D eigenvalue weighted by molar-refractivity contribution is 7.91. The molecular formula is C34H44N4O8S. The van der Waals surface area contributed by atoms with Gasteiger partial charge in [0.15, 0.2) is 0 Å². The van der Waals surface area contributed by atoms with Gasteiger partial charge in [-0.1, -0.05) is 12.2 Å². The summed E-state index contributed by atoms with van der Waals surface area (Å²) in [6, 6.07) is 5.44. The Bertz CT molecular complexity index is 1710. The minimum Gasteiger partial charge on any atom is -0.496 e. The third kappa shape index (κ3) is 6.63. The van der Waals surface area contributed by atoms with Gasteiger partial charge in [-0.3, -0.25) is 19.1 Å². The SMILES string of the molecule is CCOc1cc(OC2CC3C(=O)NC4(C(=O)NS(=O)(=O)C5CC5)CC4/C=C\CCCCN(C)C(=O)C3C2)c2ccc(OC)c(C)c2n1. The zero-order valence-electron chi connectivity index (χ0n) is 27.4. The number of rotatable bonds is 8. The Kier molecular flexibility index (Phi) is 9.12. The van der Waals surface area contributed by atoms with Crippen LogP contribution in [0.4, 0.5) is 0 Å². The predicted molar refractivity (Wildman–Crippen MR) is 175 cm³/mol. The summed E-state index contributed by atoms with van der Waals surface area (Å²) in [5.74, 6) is -1.54. The molecule has 2 aromatic rings. The molecule has 5 atom stereocenters. The highest BCUT2D eigenvalue weighted by atomic mass is 32.2.